The van der Waals surface area contributed by atoms with Crippen LogP contribution in [0.2, 0.25) is 0 Å². The molecule has 0 spiro atoms. The third-order valence-corrected chi connectivity index (χ3v) is 12.6. The third-order valence-electron chi connectivity index (χ3n) is 12.6. The molecule has 256 valence electrons. The van der Waals surface area contributed by atoms with Crippen molar-refractivity contribution in [2.45, 2.75) is 19.3 Å². The highest BCUT2D eigenvalue weighted by Crippen LogP contribution is 2.54. The maximum atomic E-state index is 5.63. The van der Waals surface area contributed by atoms with E-state index in [9.17, 15) is 0 Å². The molecule has 13 rings (SSSR count). The van der Waals surface area contributed by atoms with Crippen molar-refractivity contribution >= 4 is 81.7 Å². The second kappa shape index (κ2) is 10.1. The second-order valence-corrected chi connectivity index (χ2v) is 15.7. The molecule has 1 aliphatic carbocycles. The lowest BCUT2D eigenvalue weighted by Gasteiger charge is -2.22. The van der Waals surface area contributed by atoms with Gasteiger partial charge in [-0.1, -0.05) is 147 Å². The number of rotatable bonds is 2. The van der Waals surface area contributed by atoms with Crippen LogP contribution in [-0.2, 0) is 5.41 Å². The van der Waals surface area contributed by atoms with Crippen LogP contribution in [0.15, 0.2) is 158 Å². The Balaban J connectivity index is 1.26. The Morgan fingerprint density at radius 1 is 0.473 bits per heavy atom. The van der Waals surface area contributed by atoms with Gasteiger partial charge in [-0.2, -0.15) is 0 Å². The van der Waals surface area contributed by atoms with Crippen LogP contribution < -0.4 is 0 Å². The van der Waals surface area contributed by atoms with Crippen LogP contribution in [-0.4, -0.2) is 18.9 Å². The molecule has 0 N–H and O–H groups in total. The molecule has 4 aromatic heterocycles. The first-order chi connectivity index (χ1) is 27.1. The second-order valence-electron chi connectivity index (χ2n) is 15.7. The van der Waals surface area contributed by atoms with Crippen LogP contribution in [0.5, 0.6) is 0 Å². The van der Waals surface area contributed by atoms with Gasteiger partial charge < -0.3 is 4.40 Å². The van der Waals surface area contributed by atoms with Gasteiger partial charge in [-0.3, -0.25) is 4.57 Å². The summed E-state index contributed by atoms with van der Waals surface area (Å²) in [6, 6.07) is 57.5. The lowest BCUT2D eigenvalue weighted by molar-refractivity contribution is 0.664. The molecular weight excluding hydrogens is 669 g/mol. The smallest absolute Gasteiger partial charge is 0.165 e. The van der Waals surface area contributed by atoms with Gasteiger partial charge in [0.25, 0.3) is 0 Å². The third kappa shape index (κ3) is 3.57. The number of fused-ring (bicyclic) bond motifs is 12. The monoisotopic (exact) mass is 700 g/mol. The largest absolute Gasteiger partial charge is 0.308 e. The summed E-state index contributed by atoms with van der Waals surface area (Å²) in [7, 11) is 0. The van der Waals surface area contributed by atoms with Gasteiger partial charge in [0, 0.05) is 43.3 Å². The van der Waals surface area contributed by atoms with Gasteiger partial charge in [0.1, 0.15) is 5.69 Å². The maximum absolute atomic E-state index is 5.63. The molecule has 0 aliphatic heterocycles. The first-order valence-corrected chi connectivity index (χ1v) is 19.1. The number of para-hydroxylation sites is 1. The van der Waals surface area contributed by atoms with E-state index >= 15 is 0 Å². The summed E-state index contributed by atoms with van der Waals surface area (Å²) in [4.78, 5) is 11.1. The minimum absolute atomic E-state index is 0.179. The van der Waals surface area contributed by atoms with Gasteiger partial charge in [-0.05, 0) is 57.3 Å². The Bertz CT molecular complexity index is 3620. The van der Waals surface area contributed by atoms with Crippen molar-refractivity contribution in [3.63, 3.8) is 0 Å². The molecule has 4 heteroatoms. The van der Waals surface area contributed by atoms with E-state index in [-0.39, 0.29) is 5.41 Å². The van der Waals surface area contributed by atoms with Crippen molar-refractivity contribution in [2.24, 2.45) is 0 Å². The standard InChI is InChI=1S/C51H32N4/c1-51(2)38-21-9-8-17-32(38)34-26-27-37-36-20-10-19-35-33-18-11-22-40-43(33)44-41(23-12-24-42(44)55(48(35)36)49(37)45(34)51)54(40)50-46(30-14-4-3-5-15-30)52-39-28-25-29-13-6-7-16-31(29)47(39)53-50/h3-28H,1-2H3. The van der Waals surface area contributed by atoms with Crippen molar-refractivity contribution in [1.29, 1.82) is 0 Å². The zero-order chi connectivity index (χ0) is 36.2. The summed E-state index contributed by atoms with van der Waals surface area (Å²) < 4.78 is 4.99. The van der Waals surface area contributed by atoms with Crippen molar-refractivity contribution in [3.8, 4) is 28.2 Å². The highest BCUT2D eigenvalue weighted by molar-refractivity contribution is 6.31. The zero-order valence-electron chi connectivity index (χ0n) is 30.3. The van der Waals surface area contributed by atoms with Gasteiger partial charge in [-0.15, -0.1) is 0 Å². The van der Waals surface area contributed by atoms with E-state index in [1.165, 1.54) is 71.1 Å². The Morgan fingerprint density at radius 2 is 1.15 bits per heavy atom. The Morgan fingerprint density at radius 3 is 2.04 bits per heavy atom. The predicted octanol–water partition coefficient (Wildman–Crippen LogP) is 13.0. The number of hydrogen-bond donors (Lipinski definition) is 0. The zero-order valence-corrected chi connectivity index (χ0v) is 30.3. The molecule has 0 saturated carbocycles. The van der Waals surface area contributed by atoms with Crippen LogP contribution in [0.4, 0.5) is 0 Å². The summed E-state index contributed by atoms with van der Waals surface area (Å²) in [6.45, 7) is 4.80. The van der Waals surface area contributed by atoms with Crippen molar-refractivity contribution in [1.82, 2.24) is 18.9 Å². The summed E-state index contributed by atoms with van der Waals surface area (Å²) >= 11 is 0. The quantitative estimate of drug-likeness (QED) is 0.168. The summed E-state index contributed by atoms with van der Waals surface area (Å²) in [5, 5.41) is 9.79. The topological polar surface area (TPSA) is 35.1 Å². The number of hydrogen-bond acceptors (Lipinski definition) is 2. The molecule has 4 nitrogen and oxygen atoms in total. The van der Waals surface area contributed by atoms with E-state index in [0.717, 1.165) is 49.9 Å². The summed E-state index contributed by atoms with van der Waals surface area (Å²) in [6.07, 6.45) is 0. The fraction of sp³-hybridized carbons (Fsp3) is 0.0588. The van der Waals surface area contributed by atoms with Crippen molar-refractivity contribution in [2.75, 3.05) is 0 Å². The van der Waals surface area contributed by atoms with Crippen LogP contribution in [0.3, 0.4) is 0 Å². The lowest BCUT2D eigenvalue weighted by atomic mass is 9.81. The average Bonchev–Trinajstić information content (AvgIpc) is 3.80. The lowest BCUT2D eigenvalue weighted by Crippen LogP contribution is -2.16. The molecule has 12 aromatic rings. The van der Waals surface area contributed by atoms with Gasteiger partial charge in [-0.25, -0.2) is 9.97 Å². The van der Waals surface area contributed by atoms with E-state index in [0.29, 0.717) is 0 Å². The van der Waals surface area contributed by atoms with E-state index in [4.69, 9.17) is 9.97 Å². The molecule has 0 atom stereocenters. The number of nitrogens with zero attached hydrogens (tertiary/aromatic N) is 4. The van der Waals surface area contributed by atoms with E-state index in [1.807, 2.05) is 0 Å². The van der Waals surface area contributed by atoms with Gasteiger partial charge >= 0.3 is 0 Å². The predicted molar refractivity (Wildman–Crippen MR) is 229 cm³/mol. The molecule has 0 radical (unpaired) electrons. The molecular formula is C51H32N4. The highest BCUT2D eigenvalue weighted by Gasteiger charge is 2.38. The van der Waals surface area contributed by atoms with Crippen molar-refractivity contribution < 1.29 is 0 Å². The van der Waals surface area contributed by atoms with Crippen LogP contribution in [0.25, 0.3) is 110 Å². The molecule has 0 amide bonds. The van der Waals surface area contributed by atoms with Crippen LogP contribution in [0, 0.1) is 0 Å². The number of benzene rings is 8. The SMILES string of the molecule is CC1(C)c2ccccc2-c2ccc3c4cccc5c6cccc7c6c6c(cccc6n(c3c21)c54)n7-c1nc2c(ccc3ccccc32)nc1-c1ccccc1. The molecule has 0 unspecified atom stereocenters. The van der Waals surface area contributed by atoms with Crippen molar-refractivity contribution in [3.05, 3.63) is 169 Å². The van der Waals surface area contributed by atoms with Gasteiger partial charge in [0.15, 0.2) is 5.82 Å². The van der Waals surface area contributed by atoms with E-state index in [2.05, 4.69) is 181 Å². The van der Waals surface area contributed by atoms with Crippen LogP contribution >= 0.6 is 0 Å². The molecule has 1 aliphatic rings. The van der Waals surface area contributed by atoms with Gasteiger partial charge in [0.05, 0.1) is 38.6 Å². The minimum atomic E-state index is -0.179. The fourth-order valence-corrected chi connectivity index (χ4v) is 10.3. The van der Waals surface area contributed by atoms with Crippen LogP contribution in [0.1, 0.15) is 25.0 Å². The molecule has 4 heterocycles. The molecule has 0 saturated heterocycles. The van der Waals surface area contributed by atoms with E-state index < -0.39 is 0 Å². The molecule has 8 aromatic carbocycles. The highest BCUT2D eigenvalue weighted by atomic mass is 15.1. The normalized spacial score (nSPS) is 13.8. The molecule has 55 heavy (non-hydrogen) atoms. The van der Waals surface area contributed by atoms with Gasteiger partial charge in [0.2, 0.25) is 0 Å². The Kier molecular flexibility index (Phi) is 5.42. The Hall–Kier alpha value is -7.04. The first kappa shape index (κ1) is 29.4. The molecule has 0 fully saturated rings. The van der Waals surface area contributed by atoms with E-state index in [1.54, 1.807) is 0 Å². The minimum Gasteiger partial charge on any atom is -0.308 e. The summed E-state index contributed by atoms with van der Waals surface area (Å²) in [5.74, 6) is 0.832. The number of aromatic nitrogens is 4. The first-order valence-electron chi connectivity index (χ1n) is 19.1. The maximum Gasteiger partial charge on any atom is 0.165 e. The summed E-state index contributed by atoms with van der Waals surface area (Å²) in [5.41, 5.74) is 14.9. The fourth-order valence-electron chi connectivity index (χ4n) is 10.3. The molecule has 0 bridgehead atoms. The average molecular weight is 701 g/mol. The Labute approximate surface area is 315 Å².